The van der Waals surface area contributed by atoms with Crippen LogP contribution in [0.2, 0.25) is 0 Å². The summed E-state index contributed by atoms with van der Waals surface area (Å²) in [6.45, 7) is 7.62. The van der Waals surface area contributed by atoms with Crippen LogP contribution < -0.4 is 5.32 Å². The van der Waals surface area contributed by atoms with Gasteiger partial charge in [0, 0.05) is 38.8 Å². The van der Waals surface area contributed by atoms with Crippen molar-refractivity contribution in [2.45, 2.75) is 45.7 Å². The Morgan fingerprint density at radius 1 is 1.26 bits per heavy atom. The first kappa shape index (κ1) is 19.7. The van der Waals surface area contributed by atoms with E-state index in [1.54, 1.807) is 4.90 Å². The fourth-order valence-corrected chi connectivity index (χ4v) is 4.37. The summed E-state index contributed by atoms with van der Waals surface area (Å²) < 4.78 is 0. The second kappa shape index (κ2) is 8.74. The summed E-state index contributed by atoms with van der Waals surface area (Å²) >= 11 is 0. The third kappa shape index (κ3) is 4.80. The van der Waals surface area contributed by atoms with Gasteiger partial charge in [-0.15, -0.1) is 0 Å². The van der Waals surface area contributed by atoms with Crippen molar-refractivity contribution in [1.29, 1.82) is 0 Å². The van der Waals surface area contributed by atoms with Gasteiger partial charge in [-0.2, -0.15) is 0 Å². The largest absolute Gasteiger partial charge is 0.481 e. The highest BCUT2D eigenvalue weighted by molar-refractivity contribution is 5.76. The lowest BCUT2D eigenvalue weighted by Gasteiger charge is -2.37. The van der Waals surface area contributed by atoms with Gasteiger partial charge in [0.1, 0.15) is 0 Å². The SMILES string of the molecule is CCC(CNC(=O)N1CC(C)CC(C(=O)O)C1)N1CCc2ccccc2C1. The number of carboxylic acid groups (broad SMARTS) is 1. The highest BCUT2D eigenvalue weighted by atomic mass is 16.4. The van der Waals surface area contributed by atoms with E-state index in [4.69, 9.17) is 0 Å². The van der Waals surface area contributed by atoms with E-state index >= 15 is 0 Å². The molecule has 6 heteroatoms. The lowest BCUT2D eigenvalue weighted by molar-refractivity contribution is -0.143. The zero-order valence-electron chi connectivity index (χ0n) is 16.4. The number of nitrogens with one attached hydrogen (secondary N) is 1. The molecule has 2 amide bonds. The van der Waals surface area contributed by atoms with Gasteiger partial charge in [-0.3, -0.25) is 9.69 Å². The maximum Gasteiger partial charge on any atom is 0.317 e. The normalized spacial score (nSPS) is 24.1. The maximum atomic E-state index is 12.6. The average Bonchev–Trinajstić information content (AvgIpc) is 2.67. The van der Waals surface area contributed by atoms with Crippen LogP contribution in [0.4, 0.5) is 4.79 Å². The van der Waals surface area contributed by atoms with E-state index in [1.165, 1.54) is 11.1 Å². The molecule has 1 saturated heterocycles. The molecule has 1 aromatic carbocycles. The first-order chi connectivity index (χ1) is 13.0. The molecule has 2 heterocycles. The first-order valence-corrected chi connectivity index (χ1v) is 10.0. The summed E-state index contributed by atoms with van der Waals surface area (Å²) in [5.41, 5.74) is 2.80. The minimum Gasteiger partial charge on any atom is -0.481 e. The second-order valence-corrected chi connectivity index (χ2v) is 8.02. The number of piperidine rings is 1. The lowest BCUT2D eigenvalue weighted by atomic mass is 9.91. The van der Waals surface area contributed by atoms with Gasteiger partial charge in [0.05, 0.1) is 5.92 Å². The number of urea groups is 1. The number of hydrogen-bond donors (Lipinski definition) is 2. The Morgan fingerprint density at radius 3 is 2.70 bits per heavy atom. The number of nitrogens with zero attached hydrogens (tertiary/aromatic N) is 2. The first-order valence-electron chi connectivity index (χ1n) is 10.0. The minimum absolute atomic E-state index is 0.136. The van der Waals surface area contributed by atoms with Crippen LogP contribution in [-0.4, -0.2) is 59.1 Å². The number of aliphatic carboxylic acids is 1. The highest BCUT2D eigenvalue weighted by Gasteiger charge is 2.32. The zero-order valence-corrected chi connectivity index (χ0v) is 16.4. The number of fused-ring (bicyclic) bond motifs is 1. The Morgan fingerprint density at radius 2 is 2.00 bits per heavy atom. The predicted molar refractivity (Wildman–Crippen MR) is 105 cm³/mol. The molecule has 0 bridgehead atoms. The van der Waals surface area contributed by atoms with E-state index < -0.39 is 11.9 Å². The molecular formula is C21H31N3O3. The van der Waals surface area contributed by atoms with E-state index in [1.807, 2.05) is 6.92 Å². The van der Waals surface area contributed by atoms with Crippen LogP contribution in [0.25, 0.3) is 0 Å². The minimum atomic E-state index is -0.808. The summed E-state index contributed by atoms with van der Waals surface area (Å²) in [4.78, 5) is 28.1. The fraction of sp³-hybridized carbons (Fsp3) is 0.619. The number of rotatable bonds is 5. The van der Waals surface area contributed by atoms with Crippen molar-refractivity contribution in [1.82, 2.24) is 15.1 Å². The van der Waals surface area contributed by atoms with Gasteiger partial charge in [0.2, 0.25) is 0 Å². The topological polar surface area (TPSA) is 72.9 Å². The molecule has 27 heavy (non-hydrogen) atoms. The molecule has 3 rings (SSSR count). The molecule has 6 nitrogen and oxygen atoms in total. The van der Waals surface area contributed by atoms with Gasteiger partial charge < -0.3 is 15.3 Å². The number of carbonyl (C=O) groups is 2. The molecule has 1 fully saturated rings. The average molecular weight is 373 g/mol. The fourth-order valence-electron chi connectivity index (χ4n) is 4.37. The van der Waals surface area contributed by atoms with Crippen molar-refractivity contribution in [2.24, 2.45) is 11.8 Å². The molecule has 3 unspecified atom stereocenters. The van der Waals surface area contributed by atoms with Crippen molar-refractivity contribution in [2.75, 3.05) is 26.2 Å². The molecule has 2 aliphatic heterocycles. The second-order valence-electron chi connectivity index (χ2n) is 8.02. The van der Waals surface area contributed by atoms with E-state index in [0.29, 0.717) is 32.1 Å². The molecule has 3 atom stereocenters. The van der Waals surface area contributed by atoms with Gasteiger partial charge in [-0.25, -0.2) is 4.79 Å². The summed E-state index contributed by atoms with van der Waals surface area (Å²) in [6.07, 6.45) is 2.66. The Labute approximate surface area is 161 Å². The van der Waals surface area contributed by atoms with E-state index in [-0.39, 0.29) is 11.9 Å². The van der Waals surface area contributed by atoms with Crippen molar-refractivity contribution in [3.05, 3.63) is 35.4 Å². The van der Waals surface area contributed by atoms with Crippen LogP contribution >= 0.6 is 0 Å². The van der Waals surface area contributed by atoms with E-state index in [0.717, 1.165) is 25.9 Å². The van der Waals surface area contributed by atoms with Crippen molar-refractivity contribution < 1.29 is 14.7 Å². The van der Waals surface area contributed by atoms with Gasteiger partial charge in [-0.05, 0) is 36.3 Å². The van der Waals surface area contributed by atoms with Gasteiger partial charge >= 0.3 is 12.0 Å². The van der Waals surface area contributed by atoms with Crippen LogP contribution in [0, 0.1) is 11.8 Å². The third-order valence-electron chi connectivity index (χ3n) is 5.93. The van der Waals surface area contributed by atoms with Crippen molar-refractivity contribution in [3.8, 4) is 0 Å². The van der Waals surface area contributed by atoms with Gasteiger partial charge in [0.15, 0.2) is 0 Å². The predicted octanol–water partition coefficient (Wildman–Crippen LogP) is 2.58. The van der Waals surface area contributed by atoms with E-state index in [2.05, 4.69) is 41.4 Å². The quantitative estimate of drug-likeness (QED) is 0.832. The Hall–Kier alpha value is -2.08. The monoisotopic (exact) mass is 373 g/mol. The Bertz CT molecular complexity index is 678. The number of hydrogen-bond acceptors (Lipinski definition) is 3. The number of carbonyl (C=O) groups excluding carboxylic acids is 1. The summed E-state index contributed by atoms with van der Waals surface area (Å²) in [6, 6.07) is 8.72. The molecule has 0 spiro atoms. The molecule has 0 aromatic heterocycles. The number of amides is 2. The zero-order chi connectivity index (χ0) is 19.4. The molecule has 0 saturated carbocycles. The van der Waals surface area contributed by atoms with Crippen LogP contribution in [0.5, 0.6) is 0 Å². The number of carboxylic acids is 1. The molecule has 0 radical (unpaired) electrons. The van der Waals surface area contributed by atoms with Crippen LogP contribution in [0.3, 0.4) is 0 Å². The van der Waals surface area contributed by atoms with Gasteiger partial charge in [0.25, 0.3) is 0 Å². The van der Waals surface area contributed by atoms with Crippen molar-refractivity contribution >= 4 is 12.0 Å². The Kier molecular flexibility index (Phi) is 6.37. The molecule has 1 aromatic rings. The maximum absolute atomic E-state index is 12.6. The smallest absolute Gasteiger partial charge is 0.317 e. The lowest BCUT2D eigenvalue weighted by Crippen LogP contribution is -2.52. The third-order valence-corrected chi connectivity index (χ3v) is 5.93. The standard InChI is InChI=1S/C21H31N3O3/c1-3-19(23-9-8-16-6-4-5-7-17(16)13-23)11-22-21(27)24-12-15(2)10-18(14-24)20(25)26/h4-7,15,18-19H,3,8-14H2,1-2H3,(H,22,27)(H,25,26). The number of benzene rings is 1. The highest BCUT2D eigenvalue weighted by Crippen LogP contribution is 2.23. The number of likely N-dealkylation sites (tertiary alicyclic amines) is 1. The van der Waals surface area contributed by atoms with Crippen LogP contribution in [0.15, 0.2) is 24.3 Å². The van der Waals surface area contributed by atoms with Crippen LogP contribution in [-0.2, 0) is 17.8 Å². The summed E-state index contributed by atoms with van der Waals surface area (Å²) in [5, 5.41) is 12.4. The van der Waals surface area contributed by atoms with E-state index in [9.17, 15) is 14.7 Å². The molecule has 2 N–H and O–H groups in total. The van der Waals surface area contributed by atoms with Crippen molar-refractivity contribution in [3.63, 3.8) is 0 Å². The molecule has 148 valence electrons. The van der Waals surface area contributed by atoms with Crippen LogP contribution in [0.1, 0.15) is 37.8 Å². The molecule has 2 aliphatic rings. The van der Waals surface area contributed by atoms with Gasteiger partial charge in [-0.1, -0.05) is 38.1 Å². The molecule has 0 aliphatic carbocycles. The summed E-state index contributed by atoms with van der Waals surface area (Å²) in [7, 11) is 0. The summed E-state index contributed by atoms with van der Waals surface area (Å²) in [5.74, 6) is -1.05. The Balaban J connectivity index is 1.55. The molecular weight excluding hydrogens is 342 g/mol.